The molecule has 6 heteroatoms. The van der Waals surface area contributed by atoms with Crippen molar-refractivity contribution in [3.8, 4) is 0 Å². The van der Waals surface area contributed by atoms with E-state index in [4.69, 9.17) is 0 Å². The monoisotopic (exact) mass is 384 g/mol. The quantitative estimate of drug-likeness (QED) is 0.523. The Morgan fingerprint density at radius 2 is 2.08 bits per heavy atom. The van der Waals surface area contributed by atoms with Gasteiger partial charge in [-0.3, -0.25) is 9.20 Å². The standard InChI is InChI=1S/C20H40N4OS/c1-5-26(25)19-10-6-9-18(12-19)23-20(21-4)22-13-17-8-7-11-24(15-17)14-16(2)3/h16-19H,5-15H2,1-4H3,(H2,21,22,23). The van der Waals surface area contributed by atoms with Gasteiger partial charge in [0.2, 0.25) is 0 Å². The van der Waals surface area contributed by atoms with Gasteiger partial charge >= 0.3 is 0 Å². The lowest BCUT2D eigenvalue weighted by Gasteiger charge is -2.34. The predicted molar refractivity (Wildman–Crippen MR) is 113 cm³/mol. The Hall–Kier alpha value is -0.620. The highest BCUT2D eigenvalue weighted by atomic mass is 32.2. The van der Waals surface area contributed by atoms with Gasteiger partial charge in [0.05, 0.1) is 0 Å². The lowest BCUT2D eigenvalue weighted by molar-refractivity contribution is 0.159. The van der Waals surface area contributed by atoms with Crippen molar-refractivity contribution in [1.82, 2.24) is 15.5 Å². The van der Waals surface area contributed by atoms with Crippen LogP contribution in [0.2, 0.25) is 0 Å². The van der Waals surface area contributed by atoms with Crippen molar-refractivity contribution >= 4 is 16.8 Å². The summed E-state index contributed by atoms with van der Waals surface area (Å²) in [5, 5.41) is 7.50. The molecule has 1 saturated carbocycles. The fourth-order valence-electron chi connectivity index (χ4n) is 4.38. The molecule has 1 saturated heterocycles. The highest BCUT2D eigenvalue weighted by Crippen LogP contribution is 2.23. The molecule has 4 unspecified atom stereocenters. The van der Waals surface area contributed by atoms with Crippen LogP contribution in [0.1, 0.15) is 59.3 Å². The molecule has 5 nitrogen and oxygen atoms in total. The Morgan fingerprint density at radius 3 is 2.77 bits per heavy atom. The molecule has 1 aliphatic carbocycles. The summed E-state index contributed by atoms with van der Waals surface area (Å²) in [7, 11) is 1.18. The number of guanidine groups is 1. The summed E-state index contributed by atoms with van der Waals surface area (Å²) in [6.07, 6.45) is 7.05. The second kappa shape index (κ2) is 11.3. The van der Waals surface area contributed by atoms with Gasteiger partial charge in [0.1, 0.15) is 0 Å². The third kappa shape index (κ3) is 7.18. The molecule has 0 aromatic carbocycles. The van der Waals surface area contributed by atoms with E-state index in [2.05, 4.69) is 34.4 Å². The van der Waals surface area contributed by atoms with Gasteiger partial charge in [-0.15, -0.1) is 0 Å². The van der Waals surface area contributed by atoms with E-state index in [1.807, 2.05) is 14.0 Å². The summed E-state index contributed by atoms with van der Waals surface area (Å²) in [5.74, 6) is 3.13. The van der Waals surface area contributed by atoms with Crippen LogP contribution in [-0.2, 0) is 10.8 Å². The molecule has 0 spiro atoms. The Bertz CT molecular complexity index is 469. The molecule has 2 N–H and O–H groups in total. The minimum atomic E-state index is -0.673. The average Bonchev–Trinajstić information content (AvgIpc) is 2.64. The van der Waals surface area contributed by atoms with Gasteiger partial charge in [0.25, 0.3) is 0 Å². The molecular formula is C20H40N4OS. The normalized spacial score (nSPS) is 29.6. The van der Waals surface area contributed by atoms with Gasteiger partial charge in [-0.25, -0.2) is 0 Å². The van der Waals surface area contributed by atoms with Crippen molar-refractivity contribution in [3.05, 3.63) is 0 Å². The van der Waals surface area contributed by atoms with E-state index in [9.17, 15) is 4.21 Å². The first-order valence-electron chi connectivity index (χ1n) is 10.6. The summed E-state index contributed by atoms with van der Waals surface area (Å²) in [5.41, 5.74) is 0. The van der Waals surface area contributed by atoms with E-state index in [0.717, 1.165) is 49.9 Å². The van der Waals surface area contributed by atoms with Crippen molar-refractivity contribution in [3.63, 3.8) is 0 Å². The van der Waals surface area contributed by atoms with Crippen LogP contribution in [0.25, 0.3) is 0 Å². The zero-order valence-electron chi connectivity index (χ0n) is 17.3. The first kappa shape index (κ1) is 21.7. The Morgan fingerprint density at radius 1 is 1.27 bits per heavy atom. The van der Waals surface area contributed by atoms with Crippen LogP contribution in [0.3, 0.4) is 0 Å². The first-order chi connectivity index (χ1) is 12.5. The molecule has 152 valence electrons. The lowest BCUT2D eigenvalue weighted by atomic mass is 9.95. The fourth-order valence-corrected chi connectivity index (χ4v) is 5.73. The third-order valence-electron chi connectivity index (χ3n) is 5.63. The number of rotatable bonds is 7. The van der Waals surface area contributed by atoms with Crippen molar-refractivity contribution in [1.29, 1.82) is 0 Å². The van der Waals surface area contributed by atoms with Gasteiger partial charge in [0.15, 0.2) is 5.96 Å². The largest absolute Gasteiger partial charge is 0.356 e. The molecule has 2 aliphatic rings. The number of aliphatic imine (C=N–C) groups is 1. The number of likely N-dealkylation sites (tertiary alicyclic amines) is 1. The van der Waals surface area contributed by atoms with Crippen LogP contribution in [0.5, 0.6) is 0 Å². The third-order valence-corrected chi connectivity index (χ3v) is 7.37. The van der Waals surface area contributed by atoms with Crippen LogP contribution >= 0.6 is 0 Å². The summed E-state index contributed by atoms with van der Waals surface area (Å²) >= 11 is 0. The zero-order chi connectivity index (χ0) is 18.9. The molecule has 2 rings (SSSR count). The van der Waals surface area contributed by atoms with Crippen LogP contribution in [0.15, 0.2) is 4.99 Å². The summed E-state index contributed by atoms with van der Waals surface area (Å²) in [6, 6.07) is 0.402. The Labute approximate surface area is 163 Å². The van der Waals surface area contributed by atoms with Gasteiger partial charge < -0.3 is 15.5 Å². The number of hydrogen-bond donors (Lipinski definition) is 2. The van der Waals surface area contributed by atoms with Crippen LogP contribution in [0.4, 0.5) is 0 Å². The molecular weight excluding hydrogens is 344 g/mol. The van der Waals surface area contributed by atoms with Crippen LogP contribution in [0, 0.1) is 11.8 Å². The molecule has 0 amide bonds. The molecule has 0 aromatic rings. The maximum Gasteiger partial charge on any atom is 0.191 e. The van der Waals surface area contributed by atoms with E-state index >= 15 is 0 Å². The average molecular weight is 385 g/mol. The smallest absolute Gasteiger partial charge is 0.191 e. The number of hydrogen-bond acceptors (Lipinski definition) is 3. The van der Waals surface area contributed by atoms with Crippen molar-refractivity contribution in [2.24, 2.45) is 16.8 Å². The van der Waals surface area contributed by atoms with Gasteiger partial charge in [0, 0.05) is 54.5 Å². The van der Waals surface area contributed by atoms with Gasteiger partial charge in [-0.2, -0.15) is 0 Å². The topological polar surface area (TPSA) is 56.7 Å². The van der Waals surface area contributed by atoms with Crippen LogP contribution < -0.4 is 10.6 Å². The zero-order valence-corrected chi connectivity index (χ0v) is 18.1. The van der Waals surface area contributed by atoms with Gasteiger partial charge in [-0.1, -0.05) is 27.2 Å². The maximum absolute atomic E-state index is 12.1. The number of nitrogens with zero attached hydrogens (tertiary/aromatic N) is 2. The van der Waals surface area contributed by atoms with E-state index in [-0.39, 0.29) is 0 Å². The molecule has 4 atom stereocenters. The van der Waals surface area contributed by atoms with Crippen molar-refractivity contribution < 1.29 is 4.21 Å². The molecule has 2 fully saturated rings. The highest BCUT2D eigenvalue weighted by molar-refractivity contribution is 7.85. The van der Waals surface area contributed by atoms with Crippen LogP contribution in [-0.4, -0.2) is 65.3 Å². The number of nitrogens with one attached hydrogen (secondary N) is 2. The molecule has 0 radical (unpaired) electrons. The Kier molecular flexibility index (Phi) is 9.40. The van der Waals surface area contributed by atoms with Crippen molar-refractivity contribution in [2.45, 2.75) is 70.6 Å². The van der Waals surface area contributed by atoms with Crippen molar-refractivity contribution in [2.75, 3.05) is 39.0 Å². The SMILES string of the molecule is CCS(=O)C1CCCC(NC(=NC)NCC2CCCN(CC(C)C)C2)C1. The predicted octanol–water partition coefficient (Wildman–Crippen LogP) is 2.60. The lowest BCUT2D eigenvalue weighted by Crippen LogP contribution is -2.49. The molecule has 26 heavy (non-hydrogen) atoms. The highest BCUT2D eigenvalue weighted by Gasteiger charge is 2.26. The molecule has 1 heterocycles. The fraction of sp³-hybridized carbons (Fsp3) is 0.950. The minimum absolute atomic E-state index is 0.354. The van der Waals surface area contributed by atoms with Gasteiger partial charge in [-0.05, 0) is 50.5 Å². The summed E-state index contributed by atoms with van der Waals surface area (Å²) < 4.78 is 12.1. The summed E-state index contributed by atoms with van der Waals surface area (Å²) in [4.78, 5) is 7.04. The minimum Gasteiger partial charge on any atom is -0.356 e. The van der Waals surface area contributed by atoms with E-state index in [0.29, 0.717) is 17.2 Å². The van der Waals surface area contributed by atoms with E-state index in [1.165, 1.54) is 32.5 Å². The van der Waals surface area contributed by atoms with E-state index < -0.39 is 10.8 Å². The molecule has 0 aromatic heterocycles. The summed E-state index contributed by atoms with van der Waals surface area (Å²) in [6.45, 7) is 11.3. The first-order valence-corrected chi connectivity index (χ1v) is 12.0. The number of piperidine rings is 1. The van der Waals surface area contributed by atoms with E-state index in [1.54, 1.807) is 0 Å². The second-order valence-corrected chi connectivity index (χ2v) is 10.4. The molecule has 1 aliphatic heterocycles. The second-order valence-electron chi connectivity index (χ2n) is 8.41. The maximum atomic E-state index is 12.1. The Balaban J connectivity index is 1.76. The molecule has 0 bridgehead atoms.